The molecule has 2 aromatic carbocycles. The predicted molar refractivity (Wildman–Crippen MR) is 78.8 cm³/mol. The highest BCUT2D eigenvalue weighted by molar-refractivity contribution is 5.88. The van der Waals surface area contributed by atoms with Gasteiger partial charge in [0.25, 0.3) is 0 Å². The summed E-state index contributed by atoms with van der Waals surface area (Å²) in [5.41, 5.74) is 9.03. The lowest BCUT2D eigenvalue weighted by Gasteiger charge is -2.07. The molecule has 0 spiro atoms. The molecule has 0 atom stereocenters. The lowest BCUT2D eigenvalue weighted by atomic mass is 10.0. The van der Waals surface area contributed by atoms with E-state index in [0.29, 0.717) is 5.82 Å². The van der Waals surface area contributed by atoms with Crippen LogP contribution in [-0.4, -0.2) is 4.98 Å². The summed E-state index contributed by atoms with van der Waals surface area (Å²) in [4.78, 5) is 4.43. The Hall–Kier alpha value is -2.06. The summed E-state index contributed by atoms with van der Waals surface area (Å²) in [7, 11) is 0. The SMILES string of the molecule is Cl.Nc1nc2ccccc2cc1-c1ccccc1. The van der Waals surface area contributed by atoms with Gasteiger partial charge in [-0.2, -0.15) is 0 Å². The van der Waals surface area contributed by atoms with E-state index in [1.165, 1.54) is 0 Å². The number of pyridine rings is 1. The van der Waals surface area contributed by atoms with Gasteiger partial charge < -0.3 is 5.73 Å². The normalized spacial score (nSPS) is 10.0. The number of anilines is 1. The predicted octanol–water partition coefficient (Wildman–Crippen LogP) is 3.91. The van der Waals surface area contributed by atoms with E-state index in [-0.39, 0.29) is 12.4 Å². The van der Waals surface area contributed by atoms with Crippen molar-refractivity contribution in [1.82, 2.24) is 4.98 Å². The number of nitrogen functional groups attached to an aromatic ring is 1. The highest BCUT2D eigenvalue weighted by Gasteiger charge is 2.05. The molecule has 2 nitrogen and oxygen atoms in total. The molecule has 0 aliphatic carbocycles. The maximum absolute atomic E-state index is 6.01. The van der Waals surface area contributed by atoms with Crippen LogP contribution in [0.5, 0.6) is 0 Å². The van der Waals surface area contributed by atoms with Crippen LogP contribution in [0.25, 0.3) is 22.0 Å². The minimum absolute atomic E-state index is 0. The van der Waals surface area contributed by atoms with Gasteiger partial charge in [-0.25, -0.2) is 4.98 Å². The van der Waals surface area contributed by atoms with Crippen LogP contribution in [0.15, 0.2) is 60.7 Å². The fourth-order valence-electron chi connectivity index (χ4n) is 1.98. The van der Waals surface area contributed by atoms with Crippen molar-refractivity contribution in [2.45, 2.75) is 0 Å². The number of rotatable bonds is 1. The molecule has 0 aliphatic heterocycles. The third-order valence-corrected chi connectivity index (χ3v) is 2.84. The van der Waals surface area contributed by atoms with Gasteiger partial charge in [0, 0.05) is 10.9 Å². The second kappa shape index (κ2) is 5.07. The fourth-order valence-corrected chi connectivity index (χ4v) is 1.98. The molecule has 0 fully saturated rings. The van der Waals surface area contributed by atoms with Gasteiger partial charge in [-0.15, -0.1) is 12.4 Å². The number of nitrogens with zero attached hydrogens (tertiary/aromatic N) is 1. The minimum Gasteiger partial charge on any atom is -0.383 e. The summed E-state index contributed by atoms with van der Waals surface area (Å²) in [6, 6.07) is 20.2. The van der Waals surface area contributed by atoms with Gasteiger partial charge in [0.1, 0.15) is 5.82 Å². The van der Waals surface area contributed by atoms with Crippen LogP contribution in [0.1, 0.15) is 0 Å². The monoisotopic (exact) mass is 256 g/mol. The Morgan fingerprint density at radius 1 is 0.833 bits per heavy atom. The number of aromatic nitrogens is 1. The summed E-state index contributed by atoms with van der Waals surface area (Å²) >= 11 is 0. The van der Waals surface area contributed by atoms with Crippen LogP contribution in [0.4, 0.5) is 5.82 Å². The number of nitrogens with two attached hydrogens (primary N) is 1. The molecule has 0 radical (unpaired) electrons. The summed E-state index contributed by atoms with van der Waals surface area (Å²) < 4.78 is 0. The van der Waals surface area contributed by atoms with Crippen molar-refractivity contribution in [2.24, 2.45) is 0 Å². The molecule has 0 saturated heterocycles. The zero-order chi connectivity index (χ0) is 11.7. The van der Waals surface area contributed by atoms with Crippen LogP contribution < -0.4 is 5.73 Å². The molecule has 0 bridgehead atoms. The zero-order valence-corrected chi connectivity index (χ0v) is 10.5. The first kappa shape index (κ1) is 12.4. The molecule has 1 aromatic heterocycles. The van der Waals surface area contributed by atoms with Crippen molar-refractivity contribution < 1.29 is 0 Å². The second-order valence-electron chi connectivity index (χ2n) is 3.98. The molecule has 0 aliphatic rings. The number of halogens is 1. The van der Waals surface area contributed by atoms with Crippen LogP contribution in [0.2, 0.25) is 0 Å². The standard InChI is InChI=1S/C15H12N2.ClH/c16-15-13(11-6-2-1-3-7-11)10-12-8-4-5-9-14(12)17-15;/h1-10H,(H2,16,17);1H. The smallest absolute Gasteiger partial charge is 0.131 e. The molecule has 90 valence electrons. The quantitative estimate of drug-likeness (QED) is 0.717. The van der Waals surface area contributed by atoms with Gasteiger partial charge in [0.2, 0.25) is 0 Å². The molecule has 0 saturated carbocycles. The molecule has 3 rings (SSSR count). The van der Waals surface area contributed by atoms with E-state index in [1.54, 1.807) is 0 Å². The van der Waals surface area contributed by atoms with E-state index >= 15 is 0 Å². The largest absolute Gasteiger partial charge is 0.383 e. The third kappa shape index (κ3) is 2.15. The molecule has 0 amide bonds. The van der Waals surface area contributed by atoms with E-state index < -0.39 is 0 Å². The van der Waals surface area contributed by atoms with Gasteiger partial charge in [-0.1, -0.05) is 48.5 Å². The van der Waals surface area contributed by atoms with Crippen LogP contribution >= 0.6 is 12.4 Å². The number of hydrogen-bond acceptors (Lipinski definition) is 2. The minimum atomic E-state index is 0. The van der Waals surface area contributed by atoms with E-state index in [2.05, 4.69) is 11.1 Å². The summed E-state index contributed by atoms with van der Waals surface area (Å²) in [5, 5.41) is 1.11. The molecule has 3 heteroatoms. The Morgan fingerprint density at radius 3 is 2.28 bits per heavy atom. The van der Waals surface area contributed by atoms with E-state index in [9.17, 15) is 0 Å². The maximum atomic E-state index is 6.01. The van der Waals surface area contributed by atoms with Crippen molar-refractivity contribution in [3.8, 4) is 11.1 Å². The first-order chi connectivity index (χ1) is 8.34. The van der Waals surface area contributed by atoms with Crippen LogP contribution in [-0.2, 0) is 0 Å². The second-order valence-corrected chi connectivity index (χ2v) is 3.98. The molecule has 18 heavy (non-hydrogen) atoms. The Labute approximate surface area is 112 Å². The number of fused-ring (bicyclic) bond motifs is 1. The van der Waals surface area contributed by atoms with Crippen molar-refractivity contribution in [3.05, 3.63) is 60.7 Å². The average molecular weight is 257 g/mol. The molecule has 2 N–H and O–H groups in total. The lowest BCUT2D eigenvalue weighted by molar-refractivity contribution is 1.41. The topological polar surface area (TPSA) is 38.9 Å². The van der Waals surface area contributed by atoms with Gasteiger partial charge >= 0.3 is 0 Å². The average Bonchev–Trinajstić information content (AvgIpc) is 2.39. The molecular weight excluding hydrogens is 244 g/mol. The summed E-state index contributed by atoms with van der Waals surface area (Å²) in [5.74, 6) is 0.579. The lowest BCUT2D eigenvalue weighted by Crippen LogP contribution is -1.94. The summed E-state index contributed by atoms with van der Waals surface area (Å²) in [6.07, 6.45) is 0. The number of hydrogen-bond donors (Lipinski definition) is 1. The first-order valence-electron chi connectivity index (χ1n) is 5.55. The van der Waals surface area contributed by atoms with Gasteiger partial charge in [0.05, 0.1) is 5.52 Å². The summed E-state index contributed by atoms with van der Waals surface area (Å²) in [6.45, 7) is 0. The van der Waals surface area contributed by atoms with Crippen molar-refractivity contribution >= 4 is 29.1 Å². The van der Waals surface area contributed by atoms with E-state index in [0.717, 1.165) is 22.0 Å². The van der Waals surface area contributed by atoms with E-state index in [4.69, 9.17) is 5.73 Å². The van der Waals surface area contributed by atoms with Gasteiger partial charge in [-0.3, -0.25) is 0 Å². The Balaban J connectivity index is 0.00000120. The molecule has 3 aromatic rings. The number of benzene rings is 2. The highest BCUT2D eigenvalue weighted by Crippen LogP contribution is 2.27. The first-order valence-corrected chi connectivity index (χ1v) is 5.55. The Morgan fingerprint density at radius 2 is 1.50 bits per heavy atom. The fraction of sp³-hybridized carbons (Fsp3) is 0. The highest BCUT2D eigenvalue weighted by atomic mass is 35.5. The molecule has 1 heterocycles. The number of para-hydroxylation sites is 1. The van der Waals surface area contributed by atoms with Crippen LogP contribution in [0.3, 0.4) is 0 Å². The zero-order valence-electron chi connectivity index (χ0n) is 9.71. The van der Waals surface area contributed by atoms with Gasteiger partial charge in [-0.05, 0) is 17.7 Å². The maximum Gasteiger partial charge on any atom is 0.131 e. The third-order valence-electron chi connectivity index (χ3n) is 2.84. The molecule has 0 unspecified atom stereocenters. The Bertz CT molecular complexity index is 666. The van der Waals surface area contributed by atoms with Crippen molar-refractivity contribution in [2.75, 3.05) is 5.73 Å². The van der Waals surface area contributed by atoms with Gasteiger partial charge in [0.15, 0.2) is 0 Å². The van der Waals surface area contributed by atoms with Crippen molar-refractivity contribution in [3.63, 3.8) is 0 Å². The van der Waals surface area contributed by atoms with Crippen molar-refractivity contribution in [1.29, 1.82) is 0 Å². The van der Waals surface area contributed by atoms with E-state index in [1.807, 2.05) is 54.6 Å². The van der Waals surface area contributed by atoms with Crippen LogP contribution in [0, 0.1) is 0 Å². The Kier molecular flexibility index (Phi) is 3.49. The molecular formula is C15H13ClN2.